The fourth-order valence-corrected chi connectivity index (χ4v) is 5.98. The maximum Gasteiger partial charge on any atom is 0.305 e. The molecular formula is C35H42N4O6. The molecule has 0 unspecified atom stereocenters. The molecule has 10 heteroatoms. The molecule has 0 saturated heterocycles. The molecule has 45 heavy (non-hydrogen) atoms. The maximum atomic E-state index is 12.4. The van der Waals surface area contributed by atoms with Gasteiger partial charge in [0, 0.05) is 51.8 Å². The van der Waals surface area contributed by atoms with Crippen LogP contribution in [0.2, 0.25) is 0 Å². The van der Waals surface area contributed by atoms with E-state index in [4.69, 9.17) is 9.47 Å². The number of aliphatic imine (C=N–C) groups is 1. The van der Waals surface area contributed by atoms with Crippen LogP contribution in [0.3, 0.4) is 0 Å². The lowest BCUT2D eigenvalue weighted by Gasteiger charge is -2.06. The minimum atomic E-state index is -0.312. The first kappa shape index (κ1) is 33.2. The minimum Gasteiger partial charge on any atom is -0.469 e. The number of H-pyrrole nitrogens is 2. The van der Waals surface area contributed by atoms with E-state index in [0.717, 1.165) is 61.2 Å². The van der Waals surface area contributed by atoms with Gasteiger partial charge in [0.25, 0.3) is 11.8 Å². The standard InChI is InChI=1S/C35H42N4O6/c1-9-22-20(5)34(42)38-28(22)16-30-24(11-13-32(40)44-7)18(3)26(36-30)15-27-19(4)25(12-14-33(41)45-8)31(37-27)17-29-23(10-2)21(6)35(43)39-29/h15-17,36-37H,9-14H2,1-8H3,(H,38,42)/b27-15+,28-16-,31-17-. The lowest BCUT2D eigenvalue weighted by molar-refractivity contribution is -0.141. The molecule has 0 fully saturated rings. The Bertz CT molecular complexity index is 1830. The lowest BCUT2D eigenvalue weighted by Crippen LogP contribution is -2.16. The molecule has 2 aliphatic heterocycles. The number of aromatic nitrogens is 2. The predicted octanol–water partition coefficient (Wildman–Crippen LogP) is 3.69. The van der Waals surface area contributed by atoms with Gasteiger partial charge in [0.2, 0.25) is 0 Å². The van der Waals surface area contributed by atoms with E-state index in [1.165, 1.54) is 14.2 Å². The van der Waals surface area contributed by atoms with Crippen molar-refractivity contribution in [2.75, 3.05) is 14.2 Å². The normalized spacial score (nSPS) is 16.8. The highest BCUT2D eigenvalue weighted by atomic mass is 16.5. The molecule has 2 aliphatic rings. The highest BCUT2D eigenvalue weighted by Crippen LogP contribution is 2.29. The molecule has 2 amide bonds. The van der Waals surface area contributed by atoms with Gasteiger partial charge in [0.05, 0.1) is 19.9 Å². The van der Waals surface area contributed by atoms with E-state index in [9.17, 15) is 19.2 Å². The van der Waals surface area contributed by atoms with Crippen molar-refractivity contribution in [3.05, 3.63) is 72.3 Å². The van der Waals surface area contributed by atoms with Crippen LogP contribution < -0.4 is 16.0 Å². The van der Waals surface area contributed by atoms with Gasteiger partial charge >= 0.3 is 11.9 Å². The summed E-state index contributed by atoms with van der Waals surface area (Å²) in [5.41, 5.74) is 9.99. The Balaban J connectivity index is 1.89. The molecule has 2 aromatic rings. The minimum absolute atomic E-state index is 0.112. The van der Waals surface area contributed by atoms with Gasteiger partial charge in [-0.3, -0.25) is 19.2 Å². The summed E-state index contributed by atoms with van der Waals surface area (Å²) < 4.78 is 9.80. The van der Waals surface area contributed by atoms with Crippen molar-refractivity contribution in [1.82, 2.24) is 15.3 Å². The fraction of sp³-hybridized carbons (Fsp3) is 0.400. The van der Waals surface area contributed by atoms with Crippen molar-refractivity contribution in [2.45, 2.75) is 80.1 Å². The van der Waals surface area contributed by atoms with Crippen LogP contribution in [0.25, 0.3) is 18.2 Å². The summed E-state index contributed by atoms with van der Waals surface area (Å²) in [5, 5.41) is 4.57. The Morgan fingerprint density at radius 1 is 0.733 bits per heavy atom. The zero-order chi connectivity index (χ0) is 33.0. The number of nitrogens with zero attached hydrogens (tertiary/aromatic N) is 1. The van der Waals surface area contributed by atoms with Gasteiger partial charge in [-0.2, -0.15) is 0 Å². The number of carbonyl (C=O) groups excluding carboxylic acids is 4. The van der Waals surface area contributed by atoms with Gasteiger partial charge in [0.1, 0.15) is 0 Å². The van der Waals surface area contributed by atoms with Crippen molar-refractivity contribution >= 4 is 47.7 Å². The molecule has 0 radical (unpaired) electrons. The smallest absolute Gasteiger partial charge is 0.305 e. The maximum absolute atomic E-state index is 12.4. The first-order chi connectivity index (χ1) is 21.4. The molecule has 238 valence electrons. The van der Waals surface area contributed by atoms with Crippen molar-refractivity contribution in [3.63, 3.8) is 0 Å². The third kappa shape index (κ3) is 6.84. The molecule has 0 aliphatic carbocycles. The Morgan fingerprint density at radius 2 is 1.36 bits per heavy atom. The number of rotatable bonds is 11. The summed E-state index contributed by atoms with van der Waals surface area (Å²) in [6.07, 6.45) is 8.49. The Morgan fingerprint density at radius 3 is 1.96 bits per heavy atom. The van der Waals surface area contributed by atoms with Gasteiger partial charge in [-0.05, 0) is 105 Å². The number of amides is 2. The van der Waals surface area contributed by atoms with Crippen molar-refractivity contribution < 1.29 is 28.7 Å². The first-order valence-electron chi connectivity index (χ1n) is 15.3. The number of aromatic amines is 2. The molecule has 0 saturated carbocycles. The van der Waals surface area contributed by atoms with E-state index >= 15 is 0 Å². The number of hydrogen-bond acceptors (Lipinski definition) is 6. The van der Waals surface area contributed by atoms with Crippen LogP contribution in [0.15, 0.2) is 33.0 Å². The number of esters is 2. The first-order valence-corrected chi connectivity index (χ1v) is 15.3. The van der Waals surface area contributed by atoms with Crippen LogP contribution >= 0.6 is 0 Å². The van der Waals surface area contributed by atoms with Gasteiger partial charge in [-0.25, -0.2) is 4.99 Å². The number of ether oxygens (including phenoxy) is 2. The largest absolute Gasteiger partial charge is 0.469 e. The van der Waals surface area contributed by atoms with Crippen LogP contribution in [-0.2, 0) is 41.5 Å². The number of methoxy groups -OCH3 is 2. The Hall–Kier alpha value is -4.73. The molecular weight excluding hydrogens is 572 g/mol. The topological polar surface area (TPSA) is 143 Å². The van der Waals surface area contributed by atoms with E-state index in [1.807, 2.05) is 52.8 Å². The summed E-state index contributed by atoms with van der Waals surface area (Å²) >= 11 is 0. The SMILES string of the molecule is CCC1=C(C)C(=O)N=C1/C=c1\[nH]/c(=C/c2[nH]c(/C=C3\NC(=O)C(C)=C3CC)c(CCC(=O)OC)c2C)c(C)c1CCC(=O)OC. The van der Waals surface area contributed by atoms with Gasteiger partial charge in [-0.15, -0.1) is 0 Å². The zero-order valence-corrected chi connectivity index (χ0v) is 27.4. The van der Waals surface area contributed by atoms with Crippen molar-refractivity contribution in [2.24, 2.45) is 4.99 Å². The average Bonchev–Trinajstić information content (AvgIpc) is 3.67. The fourth-order valence-electron chi connectivity index (χ4n) is 5.98. The molecule has 0 aromatic carbocycles. The quantitative estimate of drug-likeness (QED) is 0.330. The van der Waals surface area contributed by atoms with Crippen LogP contribution in [0.1, 0.15) is 87.0 Å². The average molecular weight is 615 g/mol. The molecule has 4 heterocycles. The summed E-state index contributed by atoms with van der Waals surface area (Å²) in [4.78, 5) is 60.3. The van der Waals surface area contributed by atoms with E-state index in [2.05, 4.69) is 20.3 Å². The molecule has 0 atom stereocenters. The van der Waals surface area contributed by atoms with Crippen LogP contribution in [0, 0.1) is 13.8 Å². The summed E-state index contributed by atoms with van der Waals surface area (Å²) in [6.45, 7) is 11.6. The second-order valence-corrected chi connectivity index (χ2v) is 11.3. The Kier molecular flexibility index (Phi) is 10.3. The monoisotopic (exact) mass is 614 g/mol. The number of carbonyl (C=O) groups is 4. The van der Waals surface area contributed by atoms with E-state index < -0.39 is 0 Å². The molecule has 2 aromatic heterocycles. The van der Waals surface area contributed by atoms with Crippen molar-refractivity contribution in [1.29, 1.82) is 0 Å². The van der Waals surface area contributed by atoms with E-state index in [1.54, 1.807) is 6.92 Å². The highest BCUT2D eigenvalue weighted by Gasteiger charge is 2.24. The molecule has 0 spiro atoms. The molecule has 10 nitrogen and oxygen atoms in total. The Labute approximate surface area is 263 Å². The molecule has 0 bridgehead atoms. The van der Waals surface area contributed by atoms with Gasteiger partial charge in [-0.1, -0.05) is 13.8 Å². The van der Waals surface area contributed by atoms with Crippen LogP contribution in [0.4, 0.5) is 0 Å². The summed E-state index contributed by atoms with van der Waals surface area (Å²) in [7, 11) is 2.74. The van der Waals surface area contributed by atoms with Crippen LogP contribution in [-0.4, -0.2) is 53.7 Å². The highest BCUT2D eigenvalue weighted by molar-refractivity contribution is 6.30. The zero-order valence-electron chi connectivity index (χ0n) is 27.4. The summed E-state index contributed by atoms with van der Waals surface area (Å²) in [6, 6.07) is 0. The molecule has 3 N–H and O–H groups in total. The number of allylic oxidation sites excluding steroid dienone is 2. The van der Waals surface area contributed by atoms with Crippen molar-refractivity contribution in [3.8, 4) is 0 Å². The second kappa shape index (κ2) is 13.9. The number of nitrogens with one attached hydrogen (secondary N) is 3. The third-order valence-electron chi connectivity index (χ3n) is 8.75. The van der Waals surface area contributed by atoms with Gasteiger partial charge in [0.15, 0.2) is 0 Å². The number of hydrogen-bond donors (Lipinski definition) is 3. The lowest BCUT2D eigenvalue weighted by atomic mass is 10.0. The predicted molar refractivity (Wildman–Crippen MR) is 174 cm³/mol. The third-order valence-corrected chi connectivity index (χ3v) is 8.75. The molecule has 4 rings (SSSR count). The van der Waals surface area contributed by atoms with E-state index in [-0.39, 0.29) is 36.6 Å². The van der Waals surface area contributed by atoms with E-state index in [0.29, 0.717) is 42.5 Å². The van der Waals surface area contributed by atoms with Gasteiger partial charge < -0.3 is 24.8 Å². The second-order valence-electron chi connectivity index (χ2n) is 11.3. The summed E-state index contributed by atoms with van der Waals surface area (Å²) in [5.74, 6) is -0.964. The van der Waals surface area contributed by atoms with Crippen LogP contribution in [0.5, 0.6) is 0 Å².